The summed E-state index contributed by atoms with van der Waals surface area (Å²) in [5, 5.41) is 3.53. The number of sulfonamides is 1. The van der Waals surface area contributed by atoms with E-state index < -0.39 is 10.0 Å². The van der Waals surface area contributed by atoms with Gasteiger partial charge >= 0.3 is 0 Å². The Labute approximate surface area is 172 Å². The zero-order valence-corrected chi connectivity index (χ0v) is 18.3. The van der Waals surface area contributed by atoms with Crippen molar-refractivity contribution < 1.29 is 13.2 Å². The van der Waals surface area contributed by atoms with Crippen LogP contribution in [0.1, 0.15) is 42.5 Å². The maximum absolute atomic E-state index is 12.3. The molecule has 1 unspecified atom stereocenters. The quantitative estimate of drug-likeness (QED) is 0.686. The fraction of sp³-hybridized carbons (Fsp3) is 0.381. The second-order valence-corrected chi connectivity index (χ2v) is 9.41. The fourth-order valence-corrected chi connectivity index (χ4v) is 4.27. The maximum Gasteiger partial charge on any atom is 0.232 e. The minimum Gasteiger partial charge on any atom is -0.350 e. The van der Waals surface area contributed by atoms with Gasteiger partial charge in [0.2, 0.25) is 15.9 Å². The Hall–Kier alpha value is -2.05. The van der Waals surface area contributed by atoms with Crippen LogP contribution in [0.15, 0.2) is 42.5 Å². The molecule has 0 aliphatic carbocycles. The van der Waals surface area contributed by atoms with Crippen LogP contribution in [0, 0.1) is 13.8 Å². The maximum atomic E-state index is 12.3. The van der Waals surface area contributed by atoms with Crippen molar-refractivity contribution in [1.82, 2.24) is 5.32 Å². The highest BCUT2D eigenvalue weighted by Crippen LogP contribution is 2.21. The van der Waals surface area contributed by atoms with Gasteiger partial charge < -0.3 is 5.32 Å². The summed E-state index contributed by atoms with van der Waals surface area (Å²) in [5.41, 5.74) is 3.94. The summed E-state index contributed by atoms with van der Waals surface area (Å²) < 4.78 is 25.5. The number of nitrogens with one attached hydrogen (secondary N) is 1. The molecule has 7 heteroatoms. The average molecular weight is 423 g/mol. The number of benzene rings is 2. The lowest BCUT2D eigenvalue weighted by molar-refractivity contribution is -0.121. The minimum atomic E-state index is -3.45. The first kappa shape index (κ1) is 22.2. The summed E-state index contributed by atoms with van der Waals surface area (Å²) in [6, 6.07) is 12.7. The number of anilines is 1. The second kappa shape index (κ2) is 9.43. The van der Waals surface area contributed by atoms with Crippen molar-refractivity contribution in [3.05, 3.63) is 64.2 Å². The van der Waals surface area contributed by atoms with Crippen LogP contribution < -0.4 is 9.62 Å². The first-order valence-electron chi connectivity index (χ1n) is 9.17. The number of nitrogens with zero attached hydrogens (tertiary/aromatic N) is 1. The van der Waals surface area contributed by atoms with Crippen LogP contribution in [0.5, 0.6) is 0 Å². The van der Waals surface area contributed by atoms with Crippen molar-refractivity contribution >= 4 is 33.2 Å². The highest BCUT2D eigenvalue weighted by atomic mass is 35.5. The highest BCUT2D eigenvalue weighted by molar-refractivity contribution is 7.92. The van der Waals surface area contributed by atoms with Crippen LogP contribution >= 0.6 is 11.6 Å². The molecule has 1 amide bonds. The molecule has 0 saturated heterocycles. The van der Waals surface area contributed by atoms with Crippen LogP contribution in [0.2, 0.25) is 5.02 Å². The van der Waals surface area contributed by atoms with Gasteiger partial charge in [-0.1, -0.05) is 35.4 Å². The lowest BCUT2D eigenvalue weighted by Crippen LogP contribution is -2.32. The predicted molar refractivity (Wildman–Crippen MR) is 115 cm³/mol. The average Bonchev–Trinajstić information content (AvgIpc) is 2.58. The Balaban J connectivity index is 1.94. The zero-order chi connectivity index (χ0) is 20.9. The SMILES string of the molecule is Cc1ccc(C(C)NC(=O)CCCN(c2ccc(Cl)cc2)S(C)(=O)=O)c(C)c1. The van der Waals surface area contributed by atoms with Gasteiger partial charge in [0.25, 0.3) is 0 Å². The number of amides is 1. The molecule has 2 rings (SSSR count). The Kier molecular flexibility index (Phi) is 7.49. The van der Waals surface area contributed by atoms with E-state index in [2.05, 4.69) is 11.4 Å². The summed E-state index contributed by atoms with van der Waals surface area (Å²) in [6.07, 6.45) is 1.82. The van der Waals surface area contributed by atoms with Gasteiger partial charge in [0, 0.05) is 18.0 Å². The summed E-state index contributed by atoms with van der Waals surface area (Å²) in [6.45, 7) is 6.24. The molecular formula is C21H27ClN2O3S. The molecular weight excluding hydrogens is 396 g/mol. The van der Waals surface area contributed by atoms with Gasteiger partial charge in [-0.15, -0.1) is 0 Å². The van der Waals surface area contributed by atoms with Crippen LogP contribution in [0.25, 0.3) is 0 Å². The summed E-state index contributed by atoms with van der Waals surface area (Å²) in [4.78, 5) is 12.3. The van der Waals surface area contributed by atoms with E-state index >= 15 is 0 Å². The van der Waals surface area contributed by atoms with E-state index in [0.29, 0.717) is 17.1 Å². The van der Waals surface area contributed by atoms with E-state index in [9.17, 15) is 13.2 Å². The summed E-state index contributed by atoms with van der Waals surface area (Å²) >= 11 is 5.87. The molecule has 0 aromatic heterocycles. The van der Waals surface area contributed by atoms with Crippen molar-refractivity contribution in [3.8, 4) is 0 Å². The van der Waals surface area contributed by atoms with Crippen molar-refractivity contribution in [2.45, 2.75) is 39.7 Å². The Morgan fingerprint density at radius 3 is 2.36 bits per heavy atom. The van der Waals surface area contributed by atoms with E-state index in [1.54, 1.807) is 24.3 Å². The molecule has 0 radical (unpaired) electrons. The van der Waals surface area contributed by atoms with E-state index in [-0.39, 0.29) is 24.9 Å². The van der Waals surface area contributed by atoms with E-state index in [4.69, 9.17) is 11.6 Å². The Morgan fingerprint density at radius 2 is 1.79 bits per heavy atom. The molecule has 0 saturated carbocycles. The van der Waals surface area contributed by atoms with E-state index in [1.807, 2.05) is 32.9 Å². The van der Waals surface area contributed by atoms with E-state index in [0.717, 1.165) is 17.4 Å². The van der Waals surface area contributed by atoms with Gasteiger partial charge in [0.05, 0.1) is 18.0 Å². The molecule has 0 aliphatic heterocycles. The van der Waals surface area contributed by atoms with Crippen LogP contribution in [-0.2, 0) is 14.8 Å². The molecule has 5 nitrogen and oxygen atoms in total. The molecule has 152 valence electrons. The number of aryl methyl sites for hydroxylation is 2. The molecule has 0 bridgehead atoms. The summed E-state index contributed by atoms with van der Waals surface area (Å²) in [5.74, 6) is -0.1000. The predicted octanol–water partition coefficient (Wildman–Crippen LogP) is 4.38. The molecule has 2 aromatic carbocycles. The van der Waals surface area contributed by atoms with Gasteiger partial charge in [0.15, 0.2) is 0 Å². The molecule has 0 spiro atoms. The number of carbonyl (C=O) groups is 1. The van der Waals surface area contributed by atoms with Crippen molar-refractivity contribution in [3.63, 3.8) is 0 Å². The topological polar surface area (TPSA) is 66.5 Å². The van der Waals surface area contributed by atoms with Gasteiger partial charge in [-0.05, 0) is 62.6 Å². The minimum absolute atomic E-state index is 0.1000. The van der Waals surface area contributed by atoms with Crippen LogP contribution in [0.4, 0.5) is 5.69 Å². The van der Waals surface area contributed by atoms with E-state index in [1.165, 1.54) is 9.87 Å². The van der Waals surface area contributed by atoms with Crippen molar-refractivity contribution in [2.75, 3.05) is 17.1 Å². The number of carbonyl (C=O) groups excluding carboxylic acids is 1. The molecule has 2 aromatic rings. The van der Waals surface area contributed by atoms with Crippen LogP contribution in [-0.4, -0.2) is 27.1 Å². The van der Waals surface area contributed by atoms with Gasteiger partial charge in [0.1, 0.15) is 0 Å². The lowest BCUT2D eigenvalue weighted by atomic mass is 10.00. The molecule has 0 aliphatic rings. The zero-order valence-electron chi connectivity index (χ0n) is 16.7. The van der Waals surface area contributed by atoms with Gasteiger partial charge in [-0.2, -0.15) is 0 Å². The first-order chi connectivity index (χ1) is 13.1. The fourth-order valence-electron chi connectivity index (χ4n) is 3.18. The molecule has 0 fully saturated rings. The summed E-state index contributed by atoms with van der Waals surface area (Å²) in [7, 11) is -3.45. The van der Waals surface area contributed by atoms with Gasteiger partial charge in [-0.3, -0.25) is 9.10 Å². The number of hydrogen-bond acceptors (Lipinski definition) is 3. The number of halogens is 1. The second-order valence-electron chi connectivity index (χ2n) is 7.06. The third-order valence-electron chi connectivity index (χ3n) is 4.55. The highest BCUT2D eigenvalue weighted by Gasteiger charge is 2.18. The molecule has 1 N–H and O–H groups in total. The molecule has 1 atom stereocenters. The van der Waals surface area contributed by atoms with Gasteiger partial charge in [-0.25, -0.2) is 8.42 Å². The van der Waals surface area contributed by atoms with Crippen molar-refractivity contribution in [1.29, 1.82) is 0 Å². The normalized spacial score (nSPS) is 12.5. The third-order valence-corrected chi connectivity index (χ3v) is 6.00. The Morgan fingerprint density at radius 1 is 1.14 bits per heavy atom. The molecule has 0 heterocycles. The van der Waals surface area contributed by atoms with Crippen molar-refractivity contribution in [2.24, 2.45) is 0 Å². The monoisotopic (exact) mass is 422 g/mol. The smallest absolute Gasteiger partial charge is 0.232 e. The standard InChI is InChI=1S/C21H27ClN2O3S/c1-15-7-12-20(16(2)14-15)17(3)23-21(25)6-5-13-24(28(4,26)27)19-10-8-18(22)9-11-19/h7-12,14,17H,5-6,13H2,1-4H3,(H,23,25). The Bertz CT molecular complexity index is 927. The molecule has 28 heavy (non-hydrogen) atoms. The number of rotatable bonds is 8. The largest absolute Gasteiger partial charge is 0.350 e. The van der Waals surface area contributed by atoms with Crippen LogP contribution in [0.3, 0.4) is 0 Å². The third kappa shape index (κ3) is 6.24. The lowest BCUT2D eigenvalue weighted by Gasteiger charge is -2.22. The number of hydrogen-bond donors (Lipinski definition) is 1. The first-order valence-corrected chi connectivity index (χ1v) is 11.4.